The van der Waals surface area contributed by atoms with E-state index in [0.717, 1.165) is 18.9 Å². The molecular formula is C14H16Cl2N2O3. The molecule has 1 heterocycles. The highest BCUT2D eigenvalue weighted by atomic mass is 35.5. The maximum atomic E-state index is 12.7. The second kappa shape index (κ2) is 6.20. The van der Waals surface area contributed by atoms with Crippen molar-refractivity contribution in [3.05, 3.63) is 37.9 Å². The number of hydrogen-bond donors (Lipinski definition) is 0. The molecule has 1 aliphatic heterocycles. The summed E-state index contributed by atoms with van der Waals surface area (Å²) in [7, 11) is 0. The van der Waals surface area contributed by atoms with Crippen LogP contribution in [0.2, 0.25) is 10.0 Å². The molecule has 0 aliphatic carbocycles. The van der Waals surface area contributed by atoms with E-state index in [-0.39, 0.29) is 33.2 Å². The predicted molar refractivity (Wildman–Crippen MR) is 82.0 cm³/mol. The highest BCUT2D eigenvalue weighted by Crippen LogP contribution is 2.33. The third kappa shape index (κ3) is 3.14. The molecule has 21 heavy (non-hydrogen) atoms. The number of halogens is 2. The van der Waals surface area contributed by atoms with Gasteiger partial charge in [-0.3, -0.25) is 14.9 Å². The van der Waals surface area contributed by atoms with Gasteiger partial charge in [0.15, 0.2) is 0 Å². The Labute approximate surface area is 133 Å². The first-order valence-corrected chi connectivity index (χ1v) is 7.53. The first kappa shape index (κ1) is 16.0. The van der Waals surface area contributed by atoms with Crippen LogP contribution in [0.5, 0.6) is 0 Å². The molecule has 1 amide bonds. The van der Waals surface area contributed by atoms with Crippen molar-refractivity contribution in [3.63, 3.8) is 0 Å². The summed E-state index contributed by atoms with van der Waals surface area (Å²) in [6.45, 7) is 4.70. The lowest BCUT2D eigenvalue weighted by molar-refractivity contribution is -0.384. The molecule has 1 aromatic rings. The first-order chi connectivity index (χ1) is 9.82. The van der Waals surface area contributed by atoms with Crippen molar-refractivity contribution >= 4 is 34.8 Å². The number of likely N-dealkylation sites (tertiary alicyclic amines) is 1. The Bertz CT molecular complexity index is 592. The second-order valence-corrected chi connectivity index (χ2v) is 6.19. The van der Waals surface area contributed by atoms with Crippen LogP contribution in [0, 0.1) is 16.0 Å². The van der Waals surface area contributed by atoms with Gasteiger partial charge in [0.25, 0.3) is 11.6 Å². The van der Waals surface area contributed by atoms with Crippen LogP contribution in [0.15, 0.2) is 12.1 Å². The number of rotatable bonds is 2. The van der Waals surface area contributed by atoms with E-state index in [4.69, 9.17) is 23.2 Å². The summed E-state index contributed by atoms with van der Waals surface area (Å²) in [6.07, 6.45) is 1.98. The second-order valence-electron chi connectivity index (χ2n) is 5.40. The topological polar surface area (TPSA) is 63.5 Å². The Morgan fingerprint density at radius 2 is 2.05 bits per heavy atom. The molecule has 1 aromatic carbocycles. The van der Waals surface area contributed by atoms with Gasteiger partial charge in [-0.2, -0.15) is 0 Å². The van der Waals surface area contributed by atoms with Gasteiger partial charge in [0.2, 0.25) is 0 Å². The smallest absolute Gasteiger partial charge is 0.271 e. The monoisotopic (exact) mass is 330 g/mol. The lowest BCUT2D eigenvalue weighted by Gasteiger charge is -2.38. The molecule has 2 atom stereocenters. The summed E-state index contributed by atoms with van der Waals surface area (Å²) >= 11 is 12.0. The third-order valence-electron chi connectivity index (χ3n) is 4.09. The van der Waals surface area contributed by atoms with E-state index in [0.29, 0.717) is 12.5 Å². The largest absolute Gasteiger partial charge is 0.336 e. The average molecular weight is 331 g/mol. The van der Waals surface area contributed by atoms with Gasteiger partial charge < -0.3 is 4.90 Å². The maximum Gasteiger partial charge on any atom is 0.271 e. The normalized spacial score (nSPS) is 22.2. The minimum absolute atomic E-state index is 0.0203. The molecule has 1 saturated heterocycles. The molecule has 0 bridgehead atoms. The number of piperidine rings is 1. The molecule has 2 unspecified atom stereocenters. The molecule has 0 aromatic heterocycles. The van der Waals surface area contributed by atoms with Crippen molar-refractivity contribution < 1.29 is 9.72 Å². The molecular weight excluding hydrogens is 315 g/mol. The van der Waals surface area contributed by atoms with Gasteiger partial charge >= 0.3 is 0 Å². The average Bonchev–Trinajstić information content (AvgIpc) is 2.43. The zero-order valence-electron chi connectivity index (χ0n) is 11.8. The zero-order chi connectivity index (χ0) is 15.7. The van der Waals surface area contributed by atoms with E-state index in [1.54, 1.807) is 4.90 Å². The predicted octanol–water partition coefficient (Wildman–Crippen LogP) is 4.16. The Morgan fingerprint density at radius 3 is 2.67 bits per heavy atom. The highest BCUT2D eigenvalue weighted by Gasteiger charge is 2.31. The Kier molecular flexibility index (Phi) is 4.74. The summed E-state index contributed by atoms with van der Waals surface area (Å²) in [5, 5.41) is 11.0. The Morgan fingerprint density at radius 1 is 1.38 bits per heavy atom. The van der Waals surface area contributed by atoms with E-state index in [1.807, 2.05) is 6.92 Å². The number of benzene rings is 1. The van der Waals surface area contributed by atoms with Gasteiger partial charge in [-0.1, -0.05) is 30.1 Å². The van der Waals surface area contributed by atoms with Gasteiger partial charge in [-0.25, -0.2) is 0 Å². The van der Waals surface area contributed by atoms with Crippen molar-refractivity contribution in [2.45, 2.75) is 32.7 Å². The SMILES string of the molecule is CC1CCCN(C(=O)c2cc([N+](=O)[O-])cc(Cl)c2Cl)C1C. The van der Waals surface area contributed by atoms with Crippen LogP contribution in [-0.2, 0) is 0 Å². The first-order valence-electron chi connectivity index (χ1n) is 6.77. The fraction of sp³-hybridized carbons (Fsp3) is 0.500. The highest BCUT2D eigenvalue weighted by molar-refractivity contribution is 6.44. The summed E-state index contributed by atoms with van der Waals surface area (Å²) in [4.78, 5) is 24.7. The van der Waals surface area contributed by atoms with Crippen LogP contribution < -0.4 is 0 Å². The minimum Gasteiger partial charge on any atom is -0.336 e. The number of carbonyl (C=O) groups is 1. The summed E-state index contributed by atoms with van der Waals surface area (Å²) < 4.78 is 0. The minimum atomic E-state index is -0.582. The third-order valence-corrected chi connectivity index (χ3v) is 4.89. The van der Waals surface area contributed by atoms with E-state index < -0.39 is 4.92 Å². The van der Waals surface area contributed by atoms with Crippen molar-refractivity contribution in [2.75, 3.05) is 6.54 Å². The number of non-ortho nitro benzene ring substituents is 1. The van der Waals surface area contributed by atoms with Crippen molar-refractivity contribution in [3.8, 4) is 0 Å². The quantitative estimate of drug-likeness (QED) is 0.604. The summed E-state index contributed by atoms with van der Waals surface area (Å²) in [5.74, 6) is 0.0836. The summed E-state index contributed by atoms with van der Waals surface area (Å²) in [6, 6.07) is 2.42. The van der Waals surface area contributed by atoms with Crippen molar-refractivity contribution in [2.24, 2.45) is 5.92 Å². The lowest BCUT2D eigenvalue weighted by atomic mass is 9.91. The molecule has 0 spiro atoms. The summed E-state index contributed by atoms with van der Waals surface area (Å²) in [5.41, 5.74) is -0.137. The molecule has 0 saturated carbocycles. The number of nitro groups is 1. The van der Waals surface area contributed by atoms with Crippen LogP contribution in [0.4, 0.5) is 5.69 Å². The molecule has 114 valence electrons. The number of amides is 1. The van der Waals surface area contributed by atoms with E-state index >= 15 is 0 Å². The van der Waals surface area contributed by atoms with Crippen molar-refractivity contribution in [1.29, 1.82) is 0 Å². The van der Waals surface area contributed by atoms with Gasteiger partial charge in [-0.05, 0) is 25.7 Å². The van der Waals surface area contributed by atoms with Crippen LogP contribution in [0.1, 0.15) is 37.0 Å². The van der Waals surface area contributed by atoms with E-state index in [1.165, 1.54) is 6.07 Å². The van der Waals surface area contributed by atoms with Crippen LogP contribution in [0.3, 0.4) is 0 Å². The lowest BCUT2D eigenvalue weighted by Crippen LogP contribution is -2.46. The Hall–Kier alpha value is -1.33. The van der Waals surface area contributed by atoms with E-state index in [9.17, 15) is 14.9 Å². The zero-order valence-corrected chi connectivity index (χ0v) is 13.3. The van der Waals surface area contributed by atoms with Crippen LogP contribution in [0.25, 0.3) is 0 Å². The number of nitro benzene ring substituents is 1. The standard InChI is InChI=1S/C14H16Cl2N2O3/c1-8-4-3-5-17(9(8)2)14(19)11-6-10(18(20)21)7-12(15)13(11)16/h6-9H,3-5H2,1-2H3. The van der Waals surface area contributed by atoms with Crippen LogP contribution in [-0.4, -0.2) is 28.3 Å². The molecule has 7 heteroatoms. The van der Waals surface area contributed by atoms with Crippen molar-refractivity contribution in [1.82, 2.24) is 4.90 Å². The fourth-order valence-corrected chi connectivity index (χ4v) is 3.02. The van der Waals surface area contributed by atoms with Gasteiger partial charge in [0.1, 0.15) is 0 Å². The number of nitrogens with zero attached hydrogens (tertiary/aromatic N) is 2. The maximum absolute atomic E-state index is 12.7. The molecule has 0 radical (unpaired) electrons. The van der Waals surface area contributed by atoms with Gasteiger partial charge in [0.05, 0.1) is 20.5 Å². The fourth-order valence-electron chi connectivity index (χ4n) is 2.61. The molecule has 5 nitrogen and oxygen atoms in total. The molecule has 0 N–H and O–H groups in total. The Balaban J connectivity index is 2.41. The van der Waals surface area contributed by atoms with E-state index in [2.05, 4.69) is 6.92 Å². The van der Waals surface area contributed by atoms with Crippen LogP contribution >= 0.6 is 23.2 Å². The number of hydrogen-bond acceptors (Lipinski definition) is 3. The molecule has 2 rings (SSSR count). The van der Waals surface area contributed by atoms with Gasteiger partial charge in [-0.15, -0.1) is 0 Å². The number of carbonyl (C=O) groups excluding carboxylic acids is 1. The molecule has 1 aliphatic rings. The van der Waals surface area contributed by atoms with Gasteiger partial charge in [0, 0.05) is 24.7 Å². The molecule has 1 fully saturated rings.